The van der Waals surface area contributed by atoms with E-state index in [0.29, 0.717) is 5.69 Å². The minimum Gasteiger partial charge on any atom is -0.280 e. The molecule has 0 saturated carbocycles. The number of thioether (sulfide) groups is 2. The van der Waals surface area contributed by atoms with Crippen LogP contribution in [0.3, 0.4) is 0 Å². The van der Waals surface area contributed by atoms with E-state index < -0.39 is 0 Å². The van der Waals surface area contributed by atoms with E-state index in [1.807, 2.05) is 12.1 Å². The molecule has 0 aliphatic carbocycles. The molecule has 1 aromatic heterocycles. The summed E-state index contributed by atoms with van der Waals surface area (Å²) in [4.78, 5) is 17.4. The van der Waals surface area contributed by atoms with Crippen LogP contribution >= 0.6 is 39.5 Å². The lowest BCUT2D eigenvalue weighted by atomic mass is 10.4. The van der Waals surface area contributed by atoms with E-state index in [9.17, 15) is 4.79 Å². The van der Waals surface area contributed by atoms with E-state index in [4.69, 9.17) is 0 Å². The van der Waals surface area contributed by atoms with Gasteiger partial charge >= 0.3 is 0 Å². The topological polar surface area (TPSA) is 30.0 Å². The molecule has 18 heavy (non-hydrogen) atoms. The Kier molecular flexibility index (Phi) is 8.02. The lowest BCUT2D eigenvalue weighted by Gasteiger charge is -2.07. The second kappa shape index (κ2) is 8.99. The standard InChI is InChI=1S/C13H18BrNOS2/c1-3-5-9-18-13(16)12-10(17-8-4-2)6-7-11(14)15-12/h6-7H,3-5,8-9H2,1-2H3. The summed E-state index contributed by atoms with van der Waals surface area (Å²) < 4.78 is 0.725. The average molecular weight is 348 g/mol. The first-order valence-electron chi connectivity index (χ1n) is 6.15. The molecule has 100 valence electrons. The molecule has 0 amide bonds. The summed E-state index contributed by atoms with van der Waals surface area (Å²) in [5.41, 5.74) is 0.601. The smallest absolute Gasteiger partial charge is 0.238 e. The summed E-state index contributed by atoms with van der Waals surface area (Å²) in [5.74, 6) is 1.89. The van der Waals surface area contributed by atoms with Gasteiger partial charge in [-0.15, -0.1) is 11.8 Å². The molecule has 0 atom stereocenters. The highest BCUT2D eigenvalue weighted by atomic mass is 79.9. The van der Waals surface area contributed by atoms with Crippen molar-refractivity contribution in [1.82, 2.24) is 4.98 Å². The molecule has 0 spiro atoms. The maximum Gasteiger partial charge on any atom is 0.238 e. The van der Waals surface area contributed by atoms with Crippen molar-refractivity contribution < 1.29 is 4.79 Å². The van der Waals surface area contributed by atoms with Gasteiger partial charge in [-0.25, -0.2) is 4.98 Å². The average Bonchev–Trinajstić information content (AvgIpc) is 2.37. The lowest BCUT2D eigenvalue weighted by molar-refractivity contribution is 0.108. The number of hydrogen-bond donors (Lipinski definition) is 0. The number of unbranched alkanes of at least 4 members (excludes halogenated alkanes) is 1. The SMILES string of the molecule is CCCCSC(=O)c1nc(Br)ccc1SCCC. The second-order valence-electron chi connectivity index (χ2n) is 3.82. The summed E-state index contributed by atoms with van der Waals surface area (Å²) in [7, 11) is 0. The minimum atomic E-state index is 0.0864. The lowest BCUT2D eigenvalue weighted by Crippen LogP contribution is -2.02. The number of hydrogen-bond acceptors (Lipinski definition) is 4. The van der Waals surface area contributed by atoms with Crippen molar-refractivity contribution in [1.29, 1.82) is 0 Å². The number of rotatable bonds is 7. The van der Waals surface area contributed by atoms with Gasteiger partial charge in [-0.1, -0.05) is 32.0 Å². The van der Waals surface area contributed by atoms with Gasteiger partial charge in [-0.3, -0.25) is 4.79 Å². The van der Waals surface area contributed by atoms with Crippen molar-refractivity contribution in [3.05, 3.63) is 22.4 Å². The minimum absolute atomic E-state index is 0.0864. The van der Waals surface area contributed by atoms with Crippen molar-refractivity contribution in [2.24, 2.45) is 0 Å². The number of aromatic nitrogens is 1. The molecule has 1 rings (SSSR count). The van der Waals surface area contributed by atoms with E-state index in [-0.39, 0.29) is 5.12 Å². The van der Waals surface area contributed by atoms with E-state index in [1.165, 1.54) is 11.8 Å². The molecule has 5 heteroatoms. The fraction of sp³-hybridized carbons (Fsp3) is 0.538. The van der Waals surface area contributed by atoms with Crippen LogP contribution in [0.1, 0.15) is 43.6 Å². The van der Waals surface area contributed by atoms with Crippen molar-refractivity contribution in [2.75, 3.05) is 11.5 Å². The zero-order chi connectivity index (χ0) is 13.4. The number of nitrogens with zero attached hydrogens (tertiary/aromatic N) is 1. The summed E-state index contributed by atoms with van der Waals surface area (Å²) in [6, 6.07) is 3.87. The third-order valence-corrected chi connectivity index (χ3v) is 4.85. The van der Waals surface area contributed by atoms with Crippen LogP contribution in [0.5, 0.6) is 0 Å². The van der Waals surface area contributed by atoms with Gasteiger partial charge in [0.25, 0.3) is 0 Å². The summed E-state index contributed by atoms with van der Waals surface area (Å²) in [6.07, 6.45) is 3.28. The van der Waals surface area contributed by atoms with Gasteiger partial charge in [0.1, 0.15) is 10.3 Å². The van der Waals surface area contributed by atoms with E-state index in [0.717, 1.165) is 40.3 Å². The number of carbonyl (C=O) groups is 1. The van der Waals surface area contributed by atoms with Crippen LogP contribution in [0.15, 0.2) is 21.6 Å². The molecule has 2 nitrogen and oxygen atoms in total. The Morgan fingerprint density at radius 3 is 2.72 bits per heavy atom. The Hall–Kier alpha value is -0.000000000000000111. The monoisotopic (exact) mass is 347 g/mol. The molecular weight excluding hydrogens is 330 g/mol. The number of halogens is 1. The first-order valence-corrected chi connectivity index (χ1v) is 8.92. The molecule has 0 radical (unpaired) electrons. The third-order valence-electron chi connectivity index (χ3n) is 2.21. The van der Waals surface area contributed by atoms with Crippen molar-refractivity contribution in [2.45, 2.75) is 38.0 Å². The van der Waals surface area contributed by atoms with Gasteiger partial charge in [0, 0.05) is 10.6 Å². The maximum absolute atomic E-state index is 12.1. The maximum atomic E-state index is 12.1. The fourth-order valence-electron chi connectivity index (χ4n) is 1.27. The van der Waals surface area contributed by atoms with E-state index in [2.05, 4.69) is 34.8 Å². The van der Waals surface area contributed by atoms with Gasteiger partial charge in [0.2, 0.25) is 5.12 Å². The predicted octanol–water partition coefficient (Wildman–Crippen LogP) is 5.02. The Labute approximate surface area is 126 Å². The largest absolute Gasteiger partial charge is 0.280 e. The zero-order valence-corrected chi connectivity index (χ0v) is 14.0. The van der Waals surface area contributed by atoms with Crippen LogP contribution in [0.4, 0.5) is 0 Å². The third kappa shape index (κ3) is 5.33. The Morgan fingerprint density at radius 1 is 1.28 bits per heavy atom. The first-order chi connectivity index (χ1) is 8.69. The molecule has 0 aromatic carbocycles. The molecule has 1 heterocycles. The molecule has 0 saturated heterocycles. The number of carbonyl (C=O) groups excluding carboxylic acids is 1. The molecule has 0 bridgehead atoms. The Balaban J connectivity index is 2.76. The zero-order valence-electron chi connectivity index (χ0n) is 10.7. The quantitative estimate of drug-likeness (QED) is 0.393. The van der Waals surface area contributed by atoms with Crippen molar-refractivity contribution in [3.8, 4) is 0 Å². The molecule has 0 aliphatic rings. The summed E-state index contributed by atoms with van der Waals surface area (Å²) in [6.45, 7) is 4.27. The molecule has 0 unspecified atom stereocenters. The fourth-order valence-corrected chi connectivity index (χ4v) is 3.42. The molecule has 0 fully saturated rings. The molecule has 1 aromatic rings. The predicted molar refractivity (Wildman–Crippen MR) is 84.6 cm³/mol. The van der Waals surface area contributed by atoms with Gasteiger partial charge in [0.15, 0.2) is 0 Å². The van der Waals surface area contributed by atoms with E-state index in [1.54, 1.807) is 11.8 Å². The Bertz CT molecular complexity index is 399. The normalized spacial score (nSPS) is 10.6. The highest BCUT2D eigenvalue weighted by Gasteiger charge is 2.14. The van der Waals surface area contributed by atoms with Crippen LogP contribution in [0, 0.1) is 0 Å². The molecular formula is C13H18BrNOS2. The Morgan fingerprint density at radius 2 is 2.06 bits per heavy atom. The molecule has 0 N–H and O–H groups in total. The van der Waals surface area contributed by atoms with Crippen LogP contribution < -0.4 is 0 Å². The number of pyridine rings is 1. The van der Waals surface area contributed by atoms with Crippen LogP contribution in [-0.4, -0.2) is 21.6 Å². The van der Waals surface area contributed by atoms with Crippen LogP contribution in [-0.2, 0) is 0 Å². The van der Waals surface area contributed by atoms with Crippen LogP contribution in [0.25, 0.3) is 0 Å². The second-order valence-corrected chi connectivity index (χ2v) is 6.84. The summed E-state index contributed by atoms with van der Waals surface area (Å²) >= 11 is 6.41. The molecule has 0 aliphatic heterocycles. The van der Waals surface area contributed by atoms with Crippen molar-refractivity contribution >= 4 is 44.6 Å². The van der Waals surface area contributed by atoms with Gasteiger partial charge in [0.05, 0.1) is 0 Å². The van der Waals surface area contributed by atoms with Crippen molar-refractivity contribution in [3.63, 3.8) is 0 Å². The first kappa shape index (κ1) is 16.1. The van der Waals surface area contributed by atoms with Gasteiger partial charge in [-0.2, -0.15) is 0 Å². The van der Waals surface area contributed by atoms with E-state index >= 15 is 0 Å². The highest BCUT2D eigenvalue weighted by Crippen LogP contribution is 2.27. The van der Waals surface area contributed by atoms with Crippen LogP contribution in [0.2, 0.25) is 0 Å². The van der Waals surface area contributed by atoms with Gasteiger partial charge < -0.3 is 0 Å². The van der Waals surface area contributed by atoms with Gasteiger partial charge in [-0.05, 0) is 46.7 Å². The summed E-state index contributed by atoms with van der Waals surface area (Å²) in [5, 5.41) is 0.0864. The highest BCUT2D eigenvalue weighted by molar-refractivity contribution is 9.10.